The van der Waals surface area contributed by atoms with Crippen molar-refractivity contribution in [3.8, 4) is 11.1 Å². The number of hydrogen-bond donors (Lipinski definition) is 1. The molecule has 4 heteroatoms. The molecule has 0 amide bonds. The van der Waals surface area contributed by atoms with Gasteiger partial charge in [-0.25, -0.2) is 4.39 Å². The first-order valence-corrected chi connectivity index (χ1v) is 8.13. The fourth-order valence-corrected chi connectivity index (χ4v) is 2.99. The molecule has 0 saturated heterocycles. The van der Waals surface area contributed by atoms with E-state index in [1.165, 1.54) is 0 Å². The molecule has 0 aliphatic heterocycles. The van der Waals surface area contributed by atoms with Crippen LogP contribution < -0.4 is 5.73 Å². The highest BCUT2D eigenvalue weighted by atomic mass is 19.1. The van der Waals surface area contributed by atoms with Crippen LogP contribution in [-0.2, 0) is 9.53 Å². The van der Waals surface area contributed by atoms with E-state index in [1.54, 1.807) is 19.9 Å². The first-order chi connectivity index (χ1) is 11.3. The molecule has 2 aromatic rings. The van der Waals surface area contributed by atoms with E-state index in [1.807, 2.05) is 38.1 Å². The molecule has 0 heterocycles. The molecule has 0 fully saturated rings. The number of carbonyl (C=O) groups excluding carboxylic acids is 1. The Kier molecular flexibility index (Phi) is 5.73. The lowest BCUT2D eigenvalue weighted by Gasteiger charge is -2.17. The number of hydrogen-bond acceptors (Lipinski definition) is 3. The molecule has 0 spiro atoms. The van der Waals surface area contributed by atoms with Gasteiger partial charge in [-0.3, -0.25) is 4.79 Å². The number of ether oxygens (including phenoxy) is 1. The summed E-state index contributed by atoms with van der Waals surface area (Å²) in [5, 5.41) is 0. The summed E-state index contributed by atoms with van der Waals surface area (Å²) in [7, 11) is 0. The number of benzene rings is 2. The van der Waals surface area contributed by atoms with E-state index in [0.29, 0.717) is 11.1 Å². The van der Waals surface area contributed by atoms with Gasteiger partial charge in [0.05, 0.1) is 13.0 Å². The number of aryl methyl sites for hydroxylation is 3. The molecule has 2 rings (SSSR count). The Morgan fingerprint density at radius 3 is 2.38 bits per heavy atom. The van der Waals surface area contributed by atoms with Crippen LogP contribution in [0.15, 0.2) is 30.3 Å². The third kappa shape index (κ3) is 3.82. The third-order valence-corrected chi connectivity index (χ3v) is 4.14. The van der Waals surface area contributed by atoms with Crippen LogP contribution in [0.3, 0.4) is 0 Å². The van der Waals surface area contributed by atoms with Gasteiger partial charge in [-0.15, -0.1) is 0 Å². The summed E-state index contributed by atoms with van der Waals surface area (Å²) in [6, 6.07) is 8.90. The zero-order chi connectivity index (χ0) is 17.9. The van der Waals surface area contributed by atoms with Gasteiger partial charge >= 0.3 is 5.97 Å². The predicted molar refractivity (Wildman–Crippen MR) is 94.2 cm³/mol. The highest BCUT2D eigenvalue weighted by molar-refractivity contribution is 5.73. The zero-order valence-electron chi connectivity index (χ0n) is 14.7. The van der Waals surface area contributed by atoms with Crippen LogP contribution in [0.1, 0.15) is 41.6 Å². The van der Waals surface area contributed by atoms with Crippen LogP contribution in [-0.4, -0.2) is 12.6 Å². The lowest BCUT2D eigenvalue weighted by atomic mass is 9.91. The van der Waals surface area contributed by atoms with Gasteiger partial charge in [-0.1, -0.05) is 18.2 Å². The molecule has 24 heavy (non-hydrogen) atoms. The Labute approximate surface area is 142 Å². The van der Waals surface area contributed by atoms with Gasteiger partial charge in [0.15, 0.2) is 0 Å². The van der Waals surface area contributed by atoms with Crippen molar-refractivity contribution < 1.29 is 13.9 Å². The minimum Gasteiger partial charge on any atom is -0.466 e. The summed E-state index contributed by atoms with van der Waals surface area (Å²) in [4.78, 5) is 11.7. The van der Waals surface area contributed by atoms with Gasteiger partial charge in [-0.2, -0.15) is 0 Å². The molecule has 0 aliphatic rings. The monoisotopic (exact) mass is 329 g/mol. The van der Waals surface area contributed by atoms with Gasteiger partial charge in [0, 0.05) is 11.6 Å². The fourth-order valence-electron chi connectivity index (χ4n) is 2.99. The maximum Gasteiger partial charge on any atom is 0.307 e. The second-order valence-corrected chi connectivity index (χ2v) is 6.08. The van der Waals surface area contributed by atoms with Crippen molar-refractivity contribution in [2.24, 2.45) is 5.73 Å². The normalized spacial score (nSPS) is 12.1. The summed E-state index contributed by atoms with van der Waals surface area (Å²) in [5.41, 5.74) is 11.2. The van der Waals surface area contributed by atoms with Crippen molar-refractivity contribution in [2.75, 3.05) is 6.61 Å². The highest BCUT2D eigenvalue weighted by Gasteiger charge is 2.19. The van der Waals surface area contributed by atoms with Crippen LogP contribution in [0.5, 0.6) is 0 Å². The SMILES string of the molecule is CCOC(=O)C[C@H](N)c1cc(-c2c(C)cccc2C)cc(C)c1F. The second kappa shape index (κ2) is 7.58. The molecule has 1 atom stereocenters. The molecule has 0 aromatic heterocycles. The Hall–Kier alpha value is -2.20. The average Bonchev–Trinajstić information content (AvgIpc) is 2.50. The van der Waals surface area contributed by atoms with Crippen molar-refractivity contribution in [1.82, 2.24) is 0 Å². The highest BCUT2D eigenvalue weighted by Crippen LogP contribution is 2.32. The number of nitrogens with two attached hydrogens (primary N) is 1. The largest absolute Gasteiger partial charge is 0.466 e. The first-order valence-electron chi connectivity index (χ1n) is 8.13. The van der Waals surface area contributed by atoms with Crippen molar-refractivity contribution in [3.05, 3.63) is 58.4 Å². The number of carbonyl (C=O) groups is 1. The van der Waals surface area contributed by atoms with Gasteiger partial charge in [-0.05, 0) is 67.6 Å². The van der Waals surface area contributed by atoms with Crippen LogP contribution >= 0.6 is 0 Å². The van der Waals surface area contributed by atoms with E-state index in [2.05, 4.69) is 0 Å². The standard InChI is InChI=1S/C20H24FNO2/c1-5-24-18(23)11-17(22)16-10-15(9-14(4)20(16)21)19-12(2)7-6-8-13(19)3/h6-10,17H,5,11,22H2,1-4H3/t17-/m0/s1. The quantitative estimate of drug-likeness (QED) is 0.829. The van der Waals surface area contributed by atoms with E-state index < -0.39 is 12.0 Å². The van der Waals surface area contributed by atoms with E-state index in [-0.39, 0.29) is 18.8 Å². The van der Waals surface area contributed by atoms with Crippen LogP contribution in [0, 0.1) is 26.6 Å². The van der Waals surface area contributed by atoms with E-state index in [0.717, 1.165) is 22.3 Å². The predicted octanol–water partition coefficient (Wildman–Crippen LogP) is 4.37. The molecular weight excluding hydrogens is 305 g/mol. The Morgan fingerprint density at radius 2 is 1.79 bits per heavy atom. The molecule has 3 nitrogen and oxygen atoms in total. The second-order valence-electron chi connectivity index (χ2n) is 6.08. The minimum atomic E-state index is -0.730. The number of esters is 1. The summed E-state index contributed by atoms with van der Waals surface area (Å²) < 4.78 is 19.5. The molecule has 2 N–H and O–H groups in total. The summed E-state index contributed by atoms with van der Waals surface area (Å²) in [6.07, 6.45) is -0.0413. The molecule has 0 unspecified atom stereocenters. The Balaban J connectivity index is 2.47. The first kappa shape index (κ1) is 18.1. The van der Waals surface area contributed by atoms with Crippen molar-refractivity contribution in [2.45, 2.75) is 40.2 Å². The molecular formula is C20H24FNO2. The number of halogens is 1. The van der Waals surface area contributed by atoms with Crippen LogP contribution in [0.25, 0.3) is 11.1 Å². The van der Waals surface area contributed by atoms with E-state index in [4.69, 9.17) is 10.5 Å². The lowest BCUT2D eigenvalue weighted by Crippen LogP contribution is -2.19. The maximum absolute atomic E-state index is 14.6. The summed E-state index contributed by atoms with van der Waals surface area (Å²) in [5.74, 6) is -0.777. The van der Waals surface area contributed by atoms with Gasteiger partial charge < -0.3 is 10.5 Å². The van der Waals surface area contributed by atoms with E-state index >= 15 is 0 Å². The van der Waals surface area contributed by atoms with Crippen molar-refractivity contribution >= 4 is 5.97 Å². The smallest absolute Gasteiger partial charge is 0.307 e. The van der Waals surface area contributed by atoms with Gasteiger partial charge in [0.2, 0.25) is 0 Å². The summed E-state index contributed by atoms with van der Waals surface area (Å²) in [6.45, 7) is 7.79. The topological polar surface area (TPSA) is 52.3 Å². The molecule has 0 radical (unpaired) electrons. The van der Waals surface area contributed by atoms with Crippen LogP contribution in [0.4, 0.5) is 4.39 Å². The van der Waals surface area contributed by atoms with Gasteiger partial charge in [0.1, 0.15) is 5.82 Å². The minimum absolute atomic E-state index is 0.0413. The molecule has 0 aliphatic carbocycles. The van der Waals surface area contributed by atoms with Crippen molar-refractivity contribution in [3.63, 3.8) is 0 Å². The Morgan fingerprint density at radius 1 is 1.17 bits per heavy atom. The molecule has 0 saturated carbocycles. The van der Waals surface area contributed by atoms with Crippen molar-refractivity contribution in [1.29, 1.82) is 0 Å². The molecule has 0 bridgehead atoms. The molecule has 128 valence electrons. The molecule has 2 aromatic carbocycles. The lowest BCUT2D eigenvalue weighted by molar-refractivity contribution is -0.143. The fraction of sp³-hybridized carbons (Fsp3) is 0.350. The van der Waals surface area contributed by atoms with Crippen LogP contribution in [0.2, 0.25) is 0 Å². The maximum atomic E-state index is 14.6. The Bertz CT molecular complexity index is 735. The van der Waals surface area contributed by atoms with Gasteiger partial charge in [0.25, 0.3) is 0 Å². The average molecular weight is 329 g/mol. The third-order valence-electron chi connectivity index (χ3n) is 4.14. The zero-order valence-corrected chi connectivity index (χ0v) is 14.7. The number of rotatable bonds is 5. The van der Waals surface area contributed by atoms with E-state index in [9.17, 15) is 9.18 Å². The summed E-state index contributed by atoms with van der Waals surface area (Å²) >= 11 is 0.